The molecular weight excluding hydrogens is 295 g/mol. The minimum Gasteiger partial charge on any atom is -0.477 e. The zero-order valence-electron chi connectivity index (χ0n) is 10.9. The van der Waals surface area contributed by atoms with E-state index in [0.717, 1.165) is 24.3 Å². The highest BCUT2D eigenvalue weighted by Crippen LogP contribution is 2.25. The Labute approximate surface area is 123 Å². The van der Waals surface area contributed by atoms with Crippen LogP contribution in [0.15, 0.2) is 42.5 Å². The number of amides is 1. The molecule has 112 valence electrons. The molecule has 22 heavy (non-hydrogen) atoms. The highest BCUT2D eigenvalue weighted by atomic mass is 19.1. The van der Waals surface area contributed by atoms with Crippen molar-refractivity contribution in [2.24, 2.45) is 0 Å². The van der Waals surface area contributed by atoms with Gasteiger partial charge in [-0.1, -0.05) is 6.07 Å². The van der Waals surface area contributed by atoms with Gasteiger partial charge in [0.05, 0.1) is 4.92 Å². The summed E-state index contributed by atoms with van der Waals surface area (Å²) in [5.41, 5.74) is -1.55. The molecule has 8 heteroatoms. The molecule has 0 aliphatic carbocycles. The van der Waals surface area contributed by atoms with Crippen molar-refractivity contribution < 1.29 is 24.0 Å². The Hall–Kier alpha value is -3.29. The molecule has 0 saturated carbocycles. The first-order valence-corrected chi connectivity index (χ1v) is 5.97. The van der Waals surface area contributed by atoms with Crippen molar-refractivity contribution in [3.8, 4) is 0 Å². The monoisotopic (exact) mass is 304 g/mol. The lowest BCUT2D eigenvalue weighted by Gasteiger charge is -2.07. The summed E-state index contributed by atoms with van der Waals surface area (Å²) in [5.74, 6) is -2.87. The molecule has 0 aromatic heterocycles. The topological polar surface area (TPSA) is 110 Å². The first-order valence-electron chi connectivity index (χ1n) is 5.97. The number of carbonyl (C=O) groups is 2. The van der Waals surface area contributed by atoms with Crippen LogP contribution >= 0.6 is 0 Å². The van der Waals surface area contributed by atoms with E-state index in [1.165, 1.54) is 18.2 Å². The molecule has 0 fully saturated rings. The predicted octanol–water partition coefficient (Wildman–Crippen LogP) is 2.68. The maximum absolute atomic E-state index is 12.8. The number of benzene rings is 2. The zero-order chi connectivity index (χ0) is 16.3. The summed E-state index contributed by atoms with van der Waals surface area (Å²) in [4.78, 5) is 33.2. The van der Waals surface area contributed by atoms with Gasteiger partial charge in [-0.25, -0.2) is 9.18 Å². The van der Waals surface area contributed by atoms with E-state index in [0.29, 0.717) is 0 Å². The lowest BCUT2D eigenvalue weighted by molar-refractivity contribution is -0.385. The second-order valence-corrected chi connectivity index (χ2v) is 4.23. The minimum absolute atomic E-state index is 0.224. The molecule has 7 nitrogen and oxygen atoms in total. The summed E-state index contributed by atoms with van der Waals surface area (Å²) in [6, 6.07) is 8.18. The summed E-state index contributed by atoms with van der Waals surface area (Å²) in [6.07, 6.45) is 0. The number of hydrogen-bond donors (Lipinski definition) is 2. The summed E-state index contributed by atoms with van der Waals surface area (Å²) in [6.45, 7) is 0. The molecule has 2 aromatic carbocycles. The van der Waals surface area contributed by atoms with E-state index in [1.807, 2.05) is 0 Å². The van der Waals surface area contributed by atoms with Crippen molar-refractivity contribution in [3.05, 3.63) is 69.5 Å². The van der Waals surface area contributed by atoms with Crippen LogP contribution < -0.4 is 5.32 Å². The van der Waals surface area contributed by atoms with Crippen LogP contribution in [0.5, 0.6) is 0 Å². The van der Waals surface area contributed by atoms with Gasteiger partial charge >= 0.3 is 5.97 Å². The first-order chi connectivity index (χ1) is 10.4. The van der Waals surface area contributed by atoms with Gasteiger partial charge in [0.25, 0.3) is 11.6 Å². The molecule has 0 aliphatic rings. The van der Waals surface area contributed by atoms with Gasteiger partial charge in [-0.05, 0) is 36.4 Å². The quantitative estimate of drug-likeness (QED) is 0.666. The normalized spacial score (nSPS) is 10.0. The maximum Gasteiger partial charge on any atom is 0.342 e. The van der Waals surface area contributed by atoms with E-state index >= 15 is 0 Å². The number of nitro benzene ring substituents is 1. The van der Waals surface area contributed by atoms with Gasteiger partial charge < -0.3 is 10.4 Å². The second kappa shape index (κ2) is 6.00. The van der Waals surface area contributed by atoms with Crippen LogP contribution in [0.1, 0.15) is 20.7 Å². The number of carbonyl (C=O) groups excluding carboxylic acids is 1. The number of hydrogen-bond acceptors (Lipinski definition) is 4. The fraction of sp³-hybridized carbons (Fsp3) is 0. The number of carboxylic acid groups (broad SMARTS) is 1. The highest BCUT2D eigenvalue weighted by molar-refractivity contribution is 6.09. The Balaban J connectivity index is 2.41. The van der Waals surface area contributed by atoms with E-state index in [9.17, 15) is 24.1 Å². The molecule has 0 unspecified atom stereocenters. The number of carboxylic acids is 1. The third-order valence-electron chi connectivity index (χ3n) is 2.80. The summed E-state index contributed by atoms with van der Waals surface area (Å²) < 4.78 is 12.8. The fourth-order valence-electron chi connectivity index (χ4n) is 1.83. The number of nitrogens with one attached hydrogen (secondary N) is 1. The van der Waals surface area contributed by atoms with Crippen LogP contribution in [-0.2, 0) is 0 Å². The SMILES string of the molecule is O=C(O)c1cccc(C(=O)Nc2ccc(F)cc2)c1[N+](=O)[O-]. The zero-order valence-corrected chi connectivity index (χ0v) is 10.9. The van der Waals surface area contributed by atoms with Gasteiger partial charge in [0.15, 0.2) is 0 Å². The molecule has 0 spiro atoms. The van der Waals surface area contributed by atoms with E-state index in [-0.39, 0.29) is 5.69 Å². The highest BCUT2D eigenvalue weighted by Gasteiger charge is 2.27. The maximum atomic E-state index is 12.8. The van der Waals surface area contributed by atoms with Crippen LogP contribution in [0.25, 0.3) is 0 Å². The molecule has 0 bridgehead atoms. The molecule has 2 aromatic rings. The van der Waals surface area contributed by atoms with Crippen LogP contribution in [0.3, 0.4) is 0 Å². The number of aromatic carboxylic acids is 1. The number of rotatable bonds is 4. The van der Waals surface area contributed by atoms with Crippen molar-refractivity contribution in [2.75, 3.05) is 5.32 Å². The van der Waals surface area contributed by atoms with Gasteiger partial charge in [0, 0.05) is 5.69 Å². The van der Waals surface area contributed by atoms with Crippen LogP contribution in [-0.4, -0.2) is 21.9 Å². The van der Waals surface area contributed by atoms with Crippen molar-refractivity contribution in [3.63, 3.8) is 0 Å². The molecule has 1 amide bonds. The Morgan fingerprint density at radius 3 is 2.23 bits per heavy atom. The molecule has 0 saturated heterocycles. The Kier molecular flexibility index (Phi) is 4.12. The third kappa shape index (κ3) is 3.06. The predicted molar refractivity (Wildman–Crippen MR) is 74.4 cm³/mol. The third-order valence-corrected chi connectivity index (χ3v) is 2.80. The van der Waals surface area contributed by atoms with Gasteiger partial charge in [-0.2, -0.15) is 0 Å². The average molecular weight is 304 g/mol. The fourth-order valence-corrected chi connectivity index (χ4v) is 1.83. The Morgan fingerprint density at radius 2 is 1.68 bits per heavy atom. The van der Waals surface area contributed by atoms with Crippen molar-refractivity contribution in [1.29, 1.82) is 0 Å². The van der Waals surface area contributed by atoms with E-state index in [4.69, 9.17) is 5.11 Å². The molecule has 0 aliphatic heterocycles. The van der Waals surface area contributed by atoms with Crippen molar-refractivity contribution >= 4 is 23.3 Å². The number of nitrogens with zero attached hydrogens (tertiary/aromatic N) is 1. The number of nitro groups is 1. The molecular formula is C14H9FN2O5. The van der Waals surface area contributed by atoms with Gasteiger partial charge in [-0.15, -0.1) is 0 Å². The van der Waals surface area contributed by atoms with Gasteiger partial charge in [0.1, 0.15) is 16.9 Å². The lowest BCUT2D eigenvalue weighted by atomic mass is 10.1. The standard InChI is InChI=1S/C14H9FN2O5/c15-8-4-6-9(7-5-8)16-13(18)10-2-1-3-11(14(19)20)12(10)17(21)22/h1-7H,(H,16,18)(H,19,20). The van der Waals surface area contributed by atoms with Crippen molar-refractivity contribution in [2.45, 2.75) is 0 Å². The summed E-state index contributed by atoms with van der Waals surface area (Å²) >= 11 is 0. The van der Waals surface area contributed by atoms with Gasteiger partial charge in [0.2, 0.25) is 0 Å². The van der Waals surface area contributed by atoms with Crippen LogP contribution in [0, 0.1) is 15.9 Å². The average Bonchev–Trinajstić information content (AvgIpc) is 2.48. The molecule has 2 rings (SSSR count). The minimum atomic E-state index is -1.51. The molecule has 0 radical (unpaired) electrons. The summed E-state index contributed by atoms with van der Waals surface area (Å²) in [7, 11) is 0. The van der Waals surface area contributed by atoms with Crippen molar-refractivity contribution in [1.82, 2.24) is 0 Å². The van der Waals surface area contributed by atoms with E-state index < -0.39 is 39.4 Å². The Bertz CT molecular complexity index is 758. The first kappa shape index (κ1) is 15.1. The molecule has 0 heterocycles. The lowest BCUT2D eigenvalue weighted by Crippen LogP contribution is -2.16. The number of anilines is 1. The second-order valence-electron chi connectivity index (χ2n) is 4.23. The van der Waals surface area contributed by atoms with E-state index in [1.54, 1.807) is 0 Å². The Morgan fingerprint density at radius 1 is 1.09 bits per heavy atom. The molecule has 0 atom stereocenters. The van der Waals surface area contributed by atoms with Crippen LogP contribution in [0.2, 0.25) is 0 Å². The number of halogens is 1. The van der Waals surface area contributed by atoms with Crippen LogP contribution in [0.4, 0.5) is 15.8 Å². The largest absolute Gasteiger partial charge is 0.477 e. The summed E-state index contributed by atoms with van der Waals surface area (Å²) in [5, 5.41) is 22.4. The molecule has 2 N–H and O–H groups in total. The van der Waals surface area contributed by atoms with E-state index in [2.05, 4.69) is 5.32 Å². The smallest absolute Gasteiger partial charge is 0.342 e. The van der Waals surface area contributed by atoms with Gasteiger partial charge in [-0.3, -0.25) is 14.9 Å². The number of para-hydroxylation sites is 1.